The maximum absolute atomic E-state index is 12.0. The summed E-state index contributed by atoms with van der Waals surface area (Å²) in [5, 5.41) is 11.7. The summed E-state index contributed by atoms with van der Waals surface area (Å²) in [6.45, 7) is 0. The lowest BCUT2D eigenvalue weighted by Gasteiger charge is -2.39. The molecule has 0 spiro atoms. The third-order valence-corrected chi connectivity index (χ3v) is 7.56. The van der Waals surface area contributed by atoms with E-state index in [0.29, 0.717) is 12.8 Å². The highest BCUT2D eigenvalue weighted by atomic mass is 32.2. The van der Waals surface area contributed by atoms with Crippen molar-refractivity contribution in [3.8, 4) is 0 Å². The van der Waals surface area contributed by atoms with Crippen LogP contribution in [0.2, 0.25) is 0 Å². The topological polar surface area (TPSA) is 93.3 Å². The van der Waals surface area contributed by atoms with E-state index in [2.05, 4.69) is 4.37 Å². The molecule has 2 saturated heterocycles. The molecule has 2 bridgehead atoms. The number of nitrogens with zero attached hydrogens (tertiary/aromatic N) is 1. The maximum atomic E-state index is 12.0. The van der Waals surface area contributed by atoms with Crippen LogP contribution >= 0.6 is 11.5 Å². The predicted molar refractivity (Wildman–Crippen MR) is 69.0 cm³/mol. The molecule has 0 amide bonds. The van der Waals surface area contributed by atoms with Crippen LogP contribution in [-0.2, 0) is 9.84 Å². The fourth-order valence-corrected chi connectivity index (χ4v) is 6.30. The number of aliphatic hydroxyl groups is 1. The van der Waals surface area contributed by atoms with Gasteiger partial charge < -0.3 is 10.8 Å². The summed E-state index contributed by atoms with van der Waals surface area (Å²) in [6, 6.07) is -0.546. The van der Waals surface area contributed by atoms with Crippen LogP contribution in [0.1, 0.15) is 37.3 Å². The number of rotatable bonds is 2. The van der Waals surface area contributed by atoms with Crippen LogP contribution in [0.5, 0.6) is 0 Å². The summed E-state index contributed by atoms with van der Waals surface area (Å²) in [4.78, 5) is 0. The highest BCUT2D eigenvalue weighted by molar-refractivity contribution is 7.93. The van der Waals surface area contributed by atoms with Crippen molar-refractivity contribution < 1.29 is 13.5 Å². The molecule has 3 rings (SSSR count). The first-order valence-corrected chi connectivity index (χ1v) is 8.48. The molecular weight excluding hydrogens is 272 g/mol. The molecule has 2 aliphatic rings. The van der Waals surface area contributed by atoms with Crippen molar-refractivity contribution in [1.82, 2.24) is 4.37 Å². The number of nitrogens with two attached hydrogens (primary N) is 1. The molecule has 0 saturated carbocycles. The van der Waals surface area contributed by atoms with E-state index in [0.717, 1.165) is 5.56 Å². The zero-order valence-electron chi connectivity index (χ0n) is 9.82. The van der Waals surface area contributed by atoms with Gasteiger partial charge in [-0.3, -0.25) is 0 Å². The first-order valence-electron chi connectivity index (χ1n) is 6.03. The predicted octanol–water partition coefficient (Wildman–Crippen LogP) is 0.614. The number of aromatic nitrogens is 1. The number of sulfone groups is 1. The monoisotopic (exact) mass is 288 g/mol. The van der Waals surface area contributed by atoms with Crippen LogP contribution in [0.15, 0.2) is 11.6 Å². The Hall–Kier alpha value is -0.500. The Kier molecular flexibility index (Phi) is 2.78. The molecule has 1 aromatic heterocycles. The van der Waals surface area contributed by atoms with Gasteiger partial charge in [0.15, 0.2) is 9.84 Å². The fraction of sp³-hybridized carbons (Fsp3) is 0.727. The standard InChI is InChI=1S/C11H16N2O3S2/c12-10(7-5-13-17-6-7)11(14)3-8-1-2-9(4-11)18(8,15)16/h5-6,8-10,14H,1-4,12H2. The Labute approximate surface area is 110 Å². The summed E-state index contributed by atoms with van der Waals surface area (Å²) in [5.41, 5.74) is 5.79. The molecule has 0 aromatic carbocycles. The van der Waals surface area contributed by atoms with Crippen LogP contribution in [0, 0.1) is 0 Å². The summed E-state index contributed by atoms with van der Waals surface area (Å²) < 4.78 is 28.0. The first kappa shape index (κ1) is 12.5. The van der Waals surface area contributed by atoms with E-state index >= 15 is 0 Å². The molecule has 2 aliphatic heterocycles. The van der Waals surface area contributed by atoms with E-state index in [-0.39, 0.29) is 12.8 Å². The summed E-state index contributed by atoms with van der Waals surface area (Å²) >= 11 is 1.29. The molecule has 100 valence electrons. The molecule has 3 unspecified atom stereocenters. The molecule has 0 radical (unpaired) electrons. The van der Waals surface area contributed by atoms with E-state index in [1.165, 1.54) is 11.5 Å². The average Bonchev–Trinajstić information content (AvgIpc) is 2.86. The van der Waals surface area contributed by atoms with Crippen molar-refractivity contribution in [3.05, 3.63) is 17.1 Å². The molecule has 3 N–H and O–H groups in total. The Morgan fingerprint density at radius 3 is 2.56 bits per heavy atom. The van der Waals surface area contributed by atoms with Gasteiger partial charge >= 0.3 is 0 Å². The average molecular weight is 288 g/mol. The van der Waals surface area contributed by atoms with Crippen LogP contribution in [0.4, 0.5) is 0 Å². The second kappa shape index (κ2) is 4.00. The largest absolute Gasteiger partial charge is 0.388 e. The molecule has 3 heterocycles. The van der Waals surface area contributed by atoms with Gasteiger partial charge in [0.05, 0.1) is 22.1 Å². The van der Waals surface area contributed by atoms with Crippen molar-refractivity contribution in [2.24, 2.45) is 5.73 Å². The van der Waals surface area contributed by atoms with E-state index < -0.39 is 32.0 Å². The zero-order valence-corrected chi connectivity index (χ0v) is 11.5. The minimum Gasteiger partial charge on any atom is -0.388 e. The van der Waals surface area contributed by atoms with Crippen LogP contribution < -0.4 is 5.73 Å². The molecule has 0 aliphatic carbocycles. The minimum atomic E-state index is -3.03. The molecule has 18 heavy (non-hydrogen) atoms. The van der Waals surface area contributed by atoms with Crippen LogP contribution in [-0.4, -0.2) is 34.0 Å². The van der Waals surface area contributed by atoms with Gasteiger partial charge in [-0.05, 0) is 37.2 Å². The van der Waals surface area contributed by atoms with Gasteiger partial charge in [-0.2, -0.15) is 0 Å². The lowest BCUT2D eigenvalue weighted by molar-refractivity contribution is -0.00413. The third kappa shape index (κ3) is 1.72. The van der Waals surface area contributed by atoms with Crippen LogP contribution in [0.25, 0.3) is 0 Å². The van der Waals surface area contributed by atoms with Gasteiger partial charge in [-0.15, -0.1) is 0 Å². The molecule has 1 aromatic rings. The quantitative estimate of drug-likeness (QED) is 0.832. The second-order valence-corrected chi connectivity index (χ2v) is 8.53. The first-order chi connectivity index (χ1) is 8.43. The summed E-state index contributed by atoms with van der Waals surface area (Å²) in [7, 11) is -3.03. The van der Waals surface area contributed by atoms with Gasteiger partial charge in [0.1, 0.15) is 0 Å². The van der Waals surface area contributed by atoms with Gasteiger partial charge in [0.2, 0.25) is 0 Å². The van der Waals surface area contributed by atoms with Gasteiger partial charge in [0, 0.05) is 17.1 Å². The van der Waals surface area contributed by atoms with E-state index in [9.17, 15) is 13.5 Å². The molecular formula is C11H16N2O3S2. The molecule has 7 heteroatoms. The Morgan fingerprint density at radius 2 is 2.06 bits per heavy atom. The Balaban J connectivity index is 1.90. The number of hydrogen-bond donors (Lipinski definition) is 2. The highest BCUT2D eigenvalue weighted by Crippen LogP contribution is 2.47. The van der Waals surface area contributed by atoms with Gasteiger partial charge in [-0.1, -0.05) is 0 Å². The van der Waals surface area contributed by atoms with Crippen molar-refractivity contribution in [2.45, 2.75) is 47.8 Å². The van der Waals surface area contributed by atoms with Gasteiger partial charge in [0.25, 0.3) is 0 Å². The normalized spacial score (nSPS) is 39.7. The minimum absolute atomic E-state index is 0.253. The van der Waals surface area contributed by atoms with Crippen molar-refractivity contribution in [3.63, 3.8) is 0 Å². The van der Waals surface area contributed by atoms with Crippen molar-refractivity contribution >= 4 is 21.4 Å². The van der Waals surface area contributed by atoms with Crippen molar-refractivity contribution in [2.75, 3.05) is 0 Å². The molecule has 3 atom stereocenters. The Morgan fingerprint density at radius 1 is 1.44 bits per heavy atom. The smallest absolute Gasteiger partial charge is 0.156 e. The number of fused-ring (bicyclic) bond motifs is 2. The highest BCUT2D eigenvalue weighted by Gasteiger charge is 2.54. The van der Waals surface area contributed by atoms with E-state index in [1.54, 1.807) is 6.20 Å². The Bertz CT molecular complexity index is 521. The molecule has 2 fully saturated rings. The second-order valence-electron chi connectivity index (χ2n) is 5.36. The number of hydrogen-bond acceptors (Lipinski definition) is 6. The zero-order chi connectivity index (χ0) is 13.0. The van der Waals surface area contributed by atoms with Gasteiger partial charge in [-0.25, -0.2) is 12.8 Å². The third-order valence-electron chi connectivity index (χ3n) is 4.29. The SMILES string of the molecule is NC(c1cnsc1)C1(O)CC2CCC(C1)S2(=O)=O. The molecule has 5 nitrogen and oxygen atoms in total. The van der Waals surface area contributed by atoms with Crippen LogP contribution in [0.3, 0.4) is 0 Å². The summed E-state index contributed by atoms with van der Waals surface area (Å²) in [6.07, 6.45) is 3.47. The van der Waals surface area contributed by atoms with E-state index in [4.69, 9.17) is 5.73 Å². The van der Waals surface area contributed by atoms with Crippen molar-refractivity contribution in [1.29, 1.82) is 0 Å². The lowest BCUT2D eigenvalue weighted by atomic mass is 9.83. The van der Waals surface area contributed by atoms with E-state index in [1.807, 2.05) is 5.38 Å². The fourth-order valence-electron chi connectivity index (χ4n) is 3.21. The summed E-state index contributed by atoms with van der Waals surface area (Å²) in [5.74, 6) is 0. The lowest BCUT2D eigenvalue weighted by Crippen LogP contribution is -2.51. The maximum Gasteiger partial charge on any atom is 0.156 e.